The zero-order valence-electron chi connectivity index (χ0n) is 8.04. The first-order valence-electron chi connectivity index (χ1n) is 4.36. The molecule has 0 unspecified atom stereocenters. The molecule has 2 rings (SSSR count). The summed E-state index contributed by atoms with van der Waals surface area (Å²) in [6, 6.07) is 6.20. The van der Waals surface area contributed by atoms with Gasteiger partial charge in [0, 0.05) is 18.5 Å². The van der Waals surface area contributed by atoms with E-state index in [0.717, 1.165) is 0 Å². The molecule has 1 heterocycles. The summed E-state index contributed by atoms with van der Waals surface area (Å²) in [5, 5.41) is 0.523. The summed E-state index contributed by atoms with van der Waals surface area (Å²) in [6.45, 7) is 1.74. The van der Waals surface area contributed by atoms with Gasteiger partial charge < -0.3 is 4.57 Å². The molecule has 0 aliphatic heterocycles. The lowest BCUT2D eigenvalue weighted by atomic mass is 10.1. The normalized spacial score (nSPS) is 10.8. The zero-order chi connectivity index (χ0) is 10.3. The van der Waals surface area contributed by atoms with Crippen LogP contribution in [0.25, 0.3) is 10.9 Å². The molecule has 14 heavy (non-hydrogen) atoms. The summed E-state index contributed by atoms with van der Waals surface area (Å²) in [6.07, 6.45) is 0. The summed E-state index contributed by atoms with van der Waals surface area (Å²) >= 11 is 0. The van der Waals surface area contributed by atoms with Crippen molar-refractivity contribution in [2.45, 2.75) is 6.92 Å². The summed E-state index contributed by atoms with van der Waals surface area (Å²) in [4.78, 5) is 11.4. The van der Waals surface area contributed by atoms with Gasteiger partial charge in [-0.1, -0.05) is 6.07 Å². The molecule has 72 valence electrons. The van der Waals surface area contributed by atoms with Crippen LogP contribution >= 0.6 is 0 Å². The average molecular weight is 191 g/mol. The summed E-state index contributed by atoms with van der Waals surface area (Å²) in [5.74, 6) is -0.282. The number of rotatable bonds is 0. The van der Waals surface area contributed by atoms with E-state index < -0.39 is 0 Å². The molecule has 1 aromatic carbocycles. The van der Waals surface area contributed by atoms with Crippen LogP contribution in [0.2, 0.25) is 0 Å². The van der Waals surface area contributed by atoms with Crippen molar-refractivity contribution in [3.63, 3.8) is 0 Å². The van der Waals surface area contributed by atoms with Crippen molar-refractivity contribution in [3.8, 4) is 0 Å². The first-order valence-corrected chi connectivity index (χ1v) is 4.36. The molecule has 0 fully saturated rings. The number of nitrogens with zero attached hydrogens (tertiary/aromatic N) is 1. The van der Waals surface area contributed by atoms with Gasteiger partial charge >= 0.3 is 0 Å². The summed E-state index contributed by atoms with van der Waals surface area (Å²) < 4.78 is 14.9. The van der Waals surface area contributed by atoms with E-state index >= 15 is 0 Å². The highest BCUT2D eigenvalue weighted by Crippen LogP contribution is 2.18. The van der Waals surface area contributed by atoms with Gasteiger partial charge in [-0.2, -0.15) is 0 Å². The third kappa shape index (κ3) is 1.13. The lowest BCUT2D eigenvalue weighted by Gasteiger charge is -2.07. The van der Waals surface area contributed by atoms with E-state index in [9.17, 15) is 9.18 Å². The Hall–Kier alpha value is -1.64. The van der Waals surface area contributed by atoms with Crippen LogP contribution in [-0.4, -0.2) is 4.57 Å². The largest absolute Gasteiger partial charge is 0.311 e. The summed E-state index contributed by atoms with van der Waals surface area (Å²) in [7, 11) is 1.64. The van der Waals surface area contributed by atoms with Gasteiger partial charge in [-0.25, -0.2) is 4.39 Å². The lowest BCUT2D eigenvalue weighted by Crippen LogP contribution is -2.16. The maximum absolute atomic E-state index is 13.4. The lowest BCUT2D eigenvalue weighted by molar-refractivity contribution is 0.638. The Morgan fingerprint density at radius 2 is 2.07 bits per heavy atom. The molecule has 0 spiro atoms. The highest BCUT2D eigenvalue weighted by Gasteiger charge is 2.06. The van der Waals surface area contributed by atoms with Crippen molar-refractivity contribution in [1.29, 1.82) is 0 Å². The maximum atomic E-state index is 13.4. The smallest absolute Gasteiger partial charge is 0.251 e. The van der Waals surface area contributed by atoms with E-state index in [1.807, 2.05) is 0 Å². The predicted molar refractivity (Wildman–Crippen MR) is 53.9 cm³/mol. The Bertz CT molecular complexity index is 557. The first-order chi connectivity index (χ1) is 6.61. The topological polar surface area (TPSA) is 22.0 Å². The minimum atomic E-state index is -0.282. The Kier molecular flexibility index (Phi) is 1.88. The van der Waals surface area contributed by atoms with Crippen LogP contribution in [0.5, 0.6) is 0 Å². The number of fused-ring (bicyclic) bond motifs is 1. The molecule has 1 aromatic heterocycles. The Balaban J connectivity index is 3.10. The molecule has 0 radical (unpaired) electrons. The monoisotopic (exact) mass is 191 g/mol. The second kappa shape index (κ2) is 2.94. The average Bonchev–Trinajstić information content (AvgIpc) is 2.14. The molecule has 0 bridgehead atoms. The standard InChI is InChI=1S/C11H10FNO/c1-7-6-10(14)13(2)9-5-3-4-8(12)11(7)9/h3-6H,1-2H3. The molecule has 2 nitrogen and oxygen atoms in total. The molecular weight excluding hydrogens is 181 g/mol. The van der Waals surface area contributed by atoms with E-state index in [1.165, 1.54) is 16.7 Å². The molecule has 3 heteroatoms. The molecule has 0 atom stereocenters. The maximum Gasteiger partial charge on any atom is 0.251 e. The van der Waals surface area contributed by atoms with E-state index in [-0.39, 0.29) is 11.4 Å². The van der Waals surface area contributed by atoms with Gasteiger partial charge in [0.25, 0.3) is 5.56 Å². The number of aryl methyl sites for hydroxylation is 2. The highest BCUT2D eigenvalue weighted by atomic mass is 19.1. The van der Waals surface area contributed by atoms with Gasteiger partial charge in [0.2, 0.25) is 0 Å². The second-order valence-electron chi connectivity index (χ2n) is 3.36. The molecule has 0 saturated heterocycles. The van der Waals surface area contributed by atoms with Crippen LogP contribution in [-0.2, 0) is 7.05 Å². The number of hydrogen-bond donors (Lipinski definition) is 0. The van der Waals surface area contributed by atoms with Gasteiger partial charge in [0.05, 0.1) is 5.52 Å². The SMILES string of the molecule is Cc1cc(=O)n(C)c2cccc(F)c12. The van der Waals surface area contributed by atoms with E-state index in [0.29, 0.717) is 16.5 Å². The molecular formula is C11H10FNO. The number of aromatic nitrogens is 1. The molecule has 0 aliphatic carbocycles. The van der Waals surface area contributed by atoms with Gasteiger partial charge in [-0.15, -0.1) is 0 Å². The van der Waals surface area contributed by atoms with Gasteiger partial charge in [0.1, 0.15) is 5.82 Å². The Morgan fingerprint density at radius 3 is 2.79 bits per heavy atom. The quantitative estimate of drug-likeness (QED) is 0.624. The molecule has 0 N–H and O–H groups in total. The Labute approximate surface area is 80.6 Å². The van der Waals surface area contributed by atoms with E-state index in [4.69, 9.17) is 0 Å². The fourth-order valence-electron chi connectivity index (χ4n) is 1.66. The third-order valence-corrected chi connectivity index (χ3v) is 2.42. The summed E-state index contributed by atoms with van der Waals surface area (Å²) in [5.41, 5.74) is 1.21. The molecule has 2 aromatic rings. The van der Waals surface area contributed by atoms with Crippen molar-refractivity contribution < 1.29 is 4.39 Å². The van der Waals surface area contributed by atoms with Crippen LogP contribution in [0.15, 0.2) is 29.1 Å². The molecule has 0 amide bonds. The van der Waals surface area contributed by atoms with Crippen LogP contribution < -0.4 is 5.56 Å². The van der Waals surface area contributed by atoms with Crippen LogP contribution in [0.1, 0.15) is 5.56 Å². The van der Waals surface area contributed by atoms with Gasteiger partial charge in [-0.3, -0.25) is 4.79 Å². The number of pyridine rings is 1. The van der Waals surface area contributed by atoms with Gasteiger partial charge in [0.15, 0.2) is 0 Å². The first kappa shape index (κ1) is 8.94. The zero-order valence-corrected chi connectivity index (χ0v) is 8.04. The van der Waals surface area contributed by atoms with Crippen LogP contribution in [0.3, 0.4) is 0 Å². The fraction of sp³-hybridized carbons (Fsp3) is 0.182. The minimum Gasteiger partial charge on any atom is -0.311 e. The fourth-order valence-corrected chi connectivity index (χ4v) is 1.66. The third-order valence-electron chi connectivity index (χ3n) is 2.42. The second-order valence-corrected chi connectivity index (χ2v) is 3.36. The van der Waals surface area contributed by atoms with Crippen molar-refractivity contribution in [3.05, 3.63) is 46.0 Å². The van der Waals surface area contributed by atoms with Crippen molar-refractivity contribution >= 4 is 10.9 Å². The predicted octanol–water partition coefficient (Wildman–Crippen LogP) is 1.99. The van der Waals surface area contributed by atoms with Crippen molar-refractivity contribution in [2.24, 2.45) is 7.05 Å². The van der Waals surface area contributed by atoms with Gasteiger partial charge in [-0.05, 0) is 24.6 Å². The van der Waals surface area contributed by atoms with Crippen LogP contribution in [0, 0.1) is 12.7 Å². The Morgan fingerprint density at radius 1 is 1.36 bits per heavy atom. The molecule has 0 aliphatic rings. The van der Waals surface area contributed by atoms with E-state index in [1.54, 1.807) is 26.1 Å². The molecule has 0 saturated carbocycles. The number of halogens is 1. The number of benzene rings is 1. The van der Waals surface area contributed by atoms with Crippen LogP contribution in [0.4, 0.5) is 4.39 Å². The highest BCUT2D eigenvalue weighted by molar-refractivity contribution is 5.82. The van der Waals surface area contributed by atoms with Crippen molar-refractivity contribution in [1.82, 2.24) is 4.57 Å². The van der Waals surface area contributed by atoms with E-state index in [2.05, 4.69) is 0 Å². The van der Waals surface area contributed by atoms with Crippen molar-refractivity contribution in [2.75, 3.05) is 0 Å². The minimum absolute atomic E-state index is 0.111. The number of hydrogen-bond acceptors (Lipinski definition) is 1.